The van der Waals surface area contributed by atoms with Crippen molar-refractivity contribution in [2.75, 3.05) is 13.2 Å². The third kappa shape index (κ3) is 3.85. The van der Waals surface area contributed by atoms with Crippen molar-refractivity contribution < 1.29 is 14.3 Å². The Morgan fingerprint density at radius 1 is 1.36 bits per heavy atom. The Bertz CT molecular complexity index is 962. The molecule has 0 spiro atoms. The first-order valence-corrected chi connectivity index (χ1v) is 9.32. The molecular formula is C20H23N5O3. The third-order valence-electron chi connectivity index (χ3n) is 4.53. The van der Waals surface area contributed by atoms with Crippen LogP contribution in [-0.4, -0.2) is 44.9 Å². The van der Waals surface area contributed by atoms with E-state index >= 15 is 0 Å². The molecule has 2 N–H and O–H groups in total. The van der Waals surface area contributed by atoms with Crippen molar-refractivity contribution in [2.45, 2.75) is 32.4 Å². The van der Waals surface area contributed by atoms with Gasteiger partial charge in [0.1, 0.15) is 24.2 Å². The second-order valence-corrected chi connectivity index (χ2v) is 7.05. The molecule has 3 heterocycles. The van der Waals surface area contributed by atoms with Gasteiger partial charge in [0.25, 0.3) is 5.91 Å². The van der Waals surface area contributed by atoms with Gasteiger partial charge >= 0.3 is 0 Å². The van der Waals surface area contributed by atoms with E-state index in [4.69, 9.17) is 9.47 Å². The Balaban J connectivity index is 1.33. The molecule has 146 valence electrons. The van der Waals surface area contributed by atoms with Crippen LogP contribution in [0.15, 0.2) is 42.7 Å². The van der Waals surface area contributed by atoms with E-state index in [2.05, 4.69) is 34.3 Å². The molecule has 28 heavy (non-hydrogen) atoms. The lowest BCUT2D eigenvalue weighted by molar-refractivity contribution is 0.0786. The second-order valence-electron chi connectivity index (χ2n) is 7.05. The molecule has 3 aromatic rings. The number of nitrogens with zero attached hydrogens (tertiary/aromatic N) is 3. The van der Waals surface area contributed by atoms with Crippen LogP contribution in [0.4, 0.5) is 0 Å². The summed E-state index contributed by atoms with van der Waals surface area (Å²) in [5, 5.41) is 9.91. The summed E-state index contributed by atoms with van der Waals surface area (Å²) in [6.07, 6.45) is 3.47. The lowest BCUT2D eigenvalue weighted by atomic mass is 10.2. The van der Waals surface area contributed by atoms with Crippen molar-refractivity contribution in [2.24, 2.45) is 0 Å². The third-order valence-corrected chi connectivity index (χ3v) is 4.53. The van der Waals surface area contributed by atoms with Crippen LogP contribution >= 0.6 is 0 Å². The predicted molar refractivity (Wildman–Crippen MR) is 103 cm³/mol. The maximum Gasteiger partial charge on any atom is 0.271 e. The summed E-state index contributed by atoms with van der Waals surface area (Å²) in [7, 11) is 0. The maximum absolute atomic E-state index is 12.4. The molecule has 0 aliphatic carbocycles. The number of nitrogens with one attached hydrogen (secondary N) is 2. The Morgan fingerprint density at radius 2 is 2.18 bits per heavy atom. The molecule has 1 aromatic carbocycles. The molecular weight excluding hydrogens is 358 g/mol. The molecule has 0 bridgehead atoms. The number of amides is 1. The first kappa shape index (κ1) is 18.1. The number of carbonyl (C=O) groups is 1. The van der Waals surface area contributed by atoms with Gasteiger partial charge in [-0.2, -0.15) is 5.10 Å². The van der Waals surface area contributed by atoms with E-state index in [-0.39, 0.29) is 12.0 Å². The number of hydrogen-bond donors (Lipinski definition) is 2. The molecule has 0 saturated carbocycles. The van der Waals surface area contributed by atoms with Gasteiger partial charge in [0.05, 0.1) is 18.8 Å². The molecule has 1 amide bonds. The summed E-state index contributed by atoms with van der Waals surface area (Å²) in [6, 6.07) is 9.25. The smallest absolute Gasteiger partial charge is 0.271 e. The highest BCUT2D eigenvalue weighted by Crippen LogP contribution is 2.30. The van der Waals surface area contributed by atoms with E-state index in [9.17, 15) is 4.79 Å². The first-order valence-electron chi connectivity index (χ1n) is 9.32. The summed E-state index contributed by atoms with van der Waals surface area (Å²) >= 11 is 0. The summed E-state index contributed by atoms with van der Waals surface area (Å²) in [4.78, 5) is 16.8. The summed E-state index contributed by atoms with van der Waals surface area (Å²) in [5.74, 6) is 2.48. The van der Waals surface area contributed by atoms with Crippen molar-refractivity contribution in [3.8, 4) is 11.5 Å². The zero-order valence-electron chi connectivity index (χ0n) is 15.9. The van der Waals surface area contributed by atoms with Crippen LogP contribution in [0.3, 0.4) is 0 Å². The van der Waals surface area contributed by atoms with Gasteiger partial charge in [-0.1, -0.05) is 26.0 Å². The lowest BCUT2D eigenvalue weighted by Crippen LogP contribution is -2.40. The quantitative estimate of drug-likeness (QED) is 0.684. The summed E-state index contributed by atoms with van der Waals surface area (Å²) < 4.78 is 13.6. The monoisotopic (exact) mass is 381 g/mol. The van der Waals surface area contributed by atoms with Gasteiger partial charge in [0.2, 0.25) is 0 Å². The molecule has 8 heteroatoms. The number of imidazole rings is 1. The number of hydrogen-bond acceptors (Lipinski definition) is 5. The maximum atomic E-state index is 12.4. The summed E-state index contributed by atoms with van der Waals surface area (Å²) in [5.41, 5.74) is 1.19. The largest absolute Gasteiger partial charge is 0.486 e. The number of aromatic nitrogens is 4. The molecule has 1 aliphatic heterocycles. The molecule has 0 unspecified atom stereocenters. The van der Waals surface area contributed by atoms with Crippen molar-refractivity contribution >= 4 is 5.91 Å². The zero-order valence-corrected chi connectivity index (χ0v) is 15.9. The molecule has 8 nitrogen and oxygen atoms in total. The van der Waals surface area contributed by atoms with Crippen LogP contribution < -0.4 is 14.8 Å². The molecule has 0 radical (unpaired) electrons. The first-order chi connectivity index (χ1) is 13.6. The second kappa shape index (κ2) is 7.75. The van der Waals surface area contributed by atoms with E-state index in [0.29, 0.717) is 37.1 Å². The van der Waals surface area contributed by atoms with Crippen molar-refractivity contribution in [3.05, 3.63) is 59.9 Å². The van der Waals surface area contributed by atoms with Crippen LogP contribution in [0.5, 0.6) is 11.5 Å². The van der Waals surface area contributed by atoms with Crippen molar-refractivity contribution in [1.82, 2.24) is 25.1 Å². The number of aromatic amines is 1. The molecule has 1 aliphatic rings. The standard InChI is InChI=1S/C20H23N5O3/c1-13(2)19-21-7-8-25(19)11-14-9-16(24-23-14)20(26)22-10-15-12-27-17-5-3-4-6-18(17)28-15/h3-9,13,15H,10-12H2,1-2H3,(H,22,26)(H,23,24)/t15-/m0/s1. The summed E-state index contributed by atoms with van der Waals surface area (Å²) in [6.45, 7) is 5.51. The fourth-order valence-electron chi connectivity index (χ4n) is 3.16. The minimum Gasteiger partial charge on any atom is -0.486 e. The normalized spacial score (nSPS) is 15.6. The van der Waals surface area contributed by atoms with Gasteiger partial charge in [-0.05, 0) is 18.2 Å². The Kier molecular flexibility index (Phi) is 5.01. The van der Waals surface area contributed by atoms with E-state index in [1.165, 1.54) is 0 Å². The minimum absolute atomic E-state index is 0.239. The van der Waals surface area contributed by atoms with Gasteiger partial charge in [-0.25, -0.2) is 4.98 Å². The highest BCUT2D eigenvalue weighted by atomic mass is 16.6. The van der Waals surface area contributed by atoms with E-state index in [1.54, 1.807) is 12.3 Å². The highest BCUT2D eigenvalue weighted by Gasteiger charge is 2.22. The molecule has 1 atom stereocenters. The van der Waals surface area contributed by atoms with Gasteiger partial charge in [0.15, 0.2) is 11.5 Å². The van der Waals surface area contributed by atoms with Gasteiger partial charge in [0, 0.05) is 18.3 Å². The van der Waals surface area contributed by atoms with E-state index in [0.717, 1.165) is 17.3 Å². The molecule has 0 saturated heterocycles. The fourth-order valence-corrected chi connectivity index (χ4v) is 3.16. The number of benzene rings is 1. The van der Waals surface area contributed by atoms with Gasteiger partial charge in [-0.15, -0.1) is 0 Å². The van der Waals surface area contributed by atoms with Crippen LogP contribution in [0.25, 0.3) is 0 Å². The number of carbonyl (C=O) groups excluding carboxylic acids is 1. The van der Waals surface area contributed by atoms with Crippen LogP contribution in [0.1, 0.15) is 41.8 Å². The average Bonchev–Trinajstić information content (AvgIpc) is 3.36. The Hall–Kier alpha value is -3.29. The number of ether oxygens (including phenoxy) is 2. The lowest BCUT2D eigenvalue weighted by Gasteiger charge is -2.26. The zero-order chi connectivity index (χ0) is 19.5. The van der Waals surface area contributed by atoms with Crippen LogP contribution in [0.2, 0.25) is 0 Å². The topological polar surface area (TPSA) is 94.1 Å². The number of H-pyrrole nitrogens is 1. The van der Waals surface area contributed by atoms with E-state index in [1.807, 2.05) is 35.0 Å². The SMILES string of the molecule is CC(C)c1nccn1Cc1cc(C(=O)NC[C@H]2COc3ccccc3O2)n[nH]1. The average molecular weight is 381 g/mol. The van der Waals surface area contributed by atoms with Crippen LogP contribution in [-0.2, 0) is 6.54 Å². The Labute approximate surface area is 162 Å². The van der Waals surface area contributed by atoms with E-state index < -0.39 is 0 Å². The highest BCUT2D eigenvalue weighted by molar-refractivity contribution is 5.92. The van der Waals surface area contributed by atoms with Crippen molar-refractivity contribution in [1.29, 1.82) is 0 Å². The molecule has 2 aromatic heterocycles. The number of fused-ring (bicyclic) bond motifs is 1. The molecule has 4 rings (SSSR count). The van der Waals surface area contributed by atoms with Gasteiger partial charge < -0.3 is 19.4 Å². The minimum atomic E-state index is -0.250. The van der Waals surface area contributed by atoms with Crippen molar-refractivity contribution in [3.63, 3.8) is 0 Å². The fraction of sp³-hybridized carbons (Fsp3) is 0.350. The molecule has 0 fully saturated rings. The number of rotatable bonds is 6. The van der Waals surface area contributed by atoms with Gasteiger partial charge in [-0.3, -0.25) is 9.89 Å². The van der Waals surface area contributed by atoms with Crippen LogP contribution in [0, 0.1) is 0 Å². The Morgan fingerprint density at radius 3 is 3.00 bits per heavy atom. The predicted octanol–water partition coefficient (Wildman–Crippen LogP) is 2.35. The number of para-hydroxylation sites is 2.